The molecule has 0 aliphatic carbocycles. The fraction of sp³-hybridized carbons (Fsp3) is 0.435. The maximum atomic E-state index is 11.5. The van der Waals surface area contributed by atoms with Crippen molar-refractivity contribution in [2.24, 2.45) is 0 Å². The average Bonchev–Trinajstić information content (AvgIpc) is 2.79. The Hall–Kier alpha value is -2.41. The molecule has 2 rings (SSSR count). The van der Waals surface area contributed by atoms with Crippen LogP contribution in [-0.4, -0.2) is 40.7 Å². The summed E-state index contributed by atoms with van der Waals surface area (Å²) in [6.45, 7) is 8.79. The van der Waals surface area contributed by atoms with Crippen molar-refractivity contribution in [3.05, 3.63) is 69.8 Å². The van der Waals surface area contributed by atoms with Gasteiger partial charge >= 0.3 is 5.63 Å². The van der Waals surface area contributed by atoms with Crippen LogP contribution in [0.2, 0.25) is 0 Å². The average molecular weight is 402 g/mol. The molecule has 0 bridgehead atoms. The van der Waals surface area contributed by atoms with Crippen LogP contribution in [-0.2, 0) is 4.74 Å². The first kappa shape index (κ1) is 22.9. The molecule has 158 valence electrons. The molecular formula is C23H30O6. The lowest BCUT2D eigenvalue weighted by Crippen LogP contribution is -2.47. The topological polar surface area (TPSA) is 89.1 Å². The highest BCUT2D eigenvalue weighted by Crippen LogP contribution is 2.39. The molecule has 0 amide bonds. The molecule has 0 spiro atoms. The zero-order valence-electron chi connectivity index (χ0n) is 17.8. The molecule has 2 heterocycles. The van der Waals surface area contributed by atoms with Gasteiger partial charge in [0.05, 0.1) is 19.3 Å². The predicted molar refractivity (Wildman–Crippen MR) is 113 cm³/mol. The third kappa shape index (κ3) is 5.15. The van der Waals surface area contributed by atoms with Crippen molar-refractivity contribution >= 4 is 6.08 Å². The van der Waals surface area contributed by atoms with E-state index in [1.807, 2.05) is 38.2 Å². The number of ether oxygens (including phenoxy) is 2. The molecule has 1 unspecified atom stereocenters. The lowest BCUT2D eigenvalue weighted by Gasteiger charge is -2.28. The standard InChI is InChI=1S/C23H30O6/c1-15(14-22(4)21(25)23(5,26)17(3)29-22)11-9-7-8-10-12-18-16(2)19(27-6)13-20(24)28-18/h7-14,17,21,25-26H,1-6H3/b8-7+,11-9+,12-10+,15-14+/t17-,21+,22?,23+/m1/s1. The van der Waals surface area contributed by atoms with Gasteiger partial charge in [-0.25, -0.2) is 4.79 Å². The molecule has 1 aromatic heterocycles. The van der Waals surface area contributed by atoms with E-state index in [9.17, 15) is 15.0 Å². The SMILES string of the molecule is COc1cc(=O)oc(/C=C/C=C/C=C/C(C)=C/C2(C)O[C@H](C)[C@](C)(O)[C@H]2O)c1C. The van der Waals surface area contributed by atoms with Gasteiger partial charge in [-0.15, -0.1) is 0 Å². The molecular weight excluding hydrogens is 372 g/mol. The minimum absolute atomic E-state index is 0.445. The van der Waals surface area contributed by atoms with E-state index in [4.69, 9.17) is 13.9 Å². The van der Waals surface area contributed by atoms with Crippen molar-refractivity contribution < 1.29 is 24.1 Å². The highest BCUT2D eigenvalue weighted by Gasteiger charge is 2.55. The number of hydrogen-bond acceptors (Lipinski definition) is 6. The minimum Gasteiger partial charge on any atom is -0.496 e. The summed E-state index contributed by atoms with van der Waals surface area (Å²) < 4.78 is 16.1. The van der Waals surface area contributed by atoms with Gasteiger partial charge in [0, 0.05) is 5.56 Å². The predicted octanol–water partition coefficient (Wildman–Crippen LogP) is 3.32. The number of rotatable bonds is 6. The fourth-order valence-electron chi connectivity index (χ4n) is 3.38. The van der Waals surface area contributed by atoms with Crippen LogP contribution >= 0.6 is 0 Å². The van der Waals surface area contributed by atoms with Crippen LogP contribution in [0.5, 0.6) is 5.75 Å². The van der Waals surface area contributed by atoms with Crippen molar-refractivity contribution in [2.45, 2.75) is 58.0 Å². The van der Waals surface area contributed by atoms with Crippen molar-refractivity contribution in [2.75, 3.05) is 7.11 Å². The monoisotopic (exact) mass is 402 g/mol. The van der Waals surface area contributed by atoms with Crippen LogP contribution in [0.4, 0.5) is 0 Å². The lowest BCUT2D eigenvalue weighted by molar-refractivity contribution is -0.0579. The molecule has 1 aliphatic rings. The second-order valence-corrected chi connectivity index (χ2v) is 7.69. The van der Waals surface area contributed by atoms with Crippen LogP contribution in [0.3, 0.4) is 0 Å². The van der Waals surface area contributed by atoms with E-state index in [2.05, 4.69) is 0 Å². The molecule has 6 nitrogen and oxygen atoms in total. The van der Waals surface area contributed by atoms with E-state index in [1.165, 1.54) is 13.2 Å². The zero-order valence-corrected chi connectivity index (χ0v) is 17.8. The van der Waals surface area contributed by atoms with Gasteiger partial charge in [0.1, 0.15) is 28.8 Å². The van der Waals surface area contributed by atoms with Gasteiger partial charge in [-0.1, -0.05) is 36.0 Å². The Morgan fingerprint density at radius 2 is 1.90 bits per heavy atom. The Balaban J connectivity index is 2.04. The maximum absolute atomic E-state index is 11.5. The summed E-state index contributed by atoms with van der Waals surface area (Å²) in [5.74, 6) is 0.934. The quantitative estimate of drug-likeness (QED) is 0.710. The molecule has 29 heavy (non-hydrogen) atoms. The molecule has 4 atom stereocenters. The molecule has 1 aromatic rings. The molecule has 0 saturated carbocycles. The molecule has 1 saturated heterocycles. The summed E-state index contributed by atoms with van der Waals surface area (Å²) in [4.78, 5) is 11.5. The Labute approximate surface area is 171 Å². The molecule has 6 heteroatoms. The van der Waals surface area contributed by atoms with E-state index < -0.39 is 29.0 Å². The normalized spacial score (nSPS) is 30.8. The second kappa shape index (κ2) is 8.95. The van der Waals surface area contributed by atoms with Gasteiger partial charge in [0.15, 0.2) is 0 Å². The van der Waals surface area contributed by atoms with Crippen LogP contribution in [0.1, 0.15) is 39.0 Å². The highest BCUT2D eigenvalue weighted by atomic mass is 16.6. The van der Waals surface area contributed by atoms with Crippen molar-refractivity contribution in [1.29, 1.82) is 0 Å². The minimum atomic E-state index is -1.30. The zero-order chi connectivity index (χ0) is 21.8. The van der Waals surface area contributed by atoms with Gasteiger partial charge in [-0.2, -0.15) is 0 Å². The summed E-state index contributed by atoms with van der Waals surface area (Å²) >= 11 is 0. The van der Waals surface area contributed by atoms with Gasteiger partial charge in [0.25, 0.3) is 0 Å². The first-order chi connectivity index (χ1) is 13.5. The van der Waals surface area contributed by atoms with Gasteiger partial charge < -0.3 is 24.1 Å². The molecule has 0 aromatic carbocycles. The van der Waals surface area contributed by atoms with E-state index >= 15 is 0 Å². The first-order valence-electron chi connectivity index (χ1n) is 9.49. The Kier molecular flexibility index (Phi) is 7.06. The summed E-state index contributed by atoms with van der Waals surface area (Å²) in [5.41, 5.74) is -1.08. The fourth-order valence-corrected chi connectivity index (χ4v) is 3.38. The third-order valence-corrected chi connectivity index (χ3v) is 5.22. The largest absolute Gasteiger partial charge is 0.496 e. The molecule has 0 radical (unpaired) electrons. The maximum Gasteiger partial charge on any atom is 0.339 e. The molecule has 1 fully saturated rings. The lowest BCUT2D eigenvalue weighted by atomic mass is 9.86. The van der Waals surface area contributed by atoms with Crippen LogP contribution in [0.15, 0.2) is 57.3 Å². The number of aliphatic hydroxyl groups excluding tert-OH is 1. The van der Waals surface area contributed by atoms with Gasteiger partial charge in [-0.3, -0.25) is 0 Å². The number of allylic oxidation sites excluding steroid dienone is 6. The van der Waals surface area contributed by atoms with Crippen molar-refractivity contribution in [3.63, 3.8) is 0 Å². The number of methoxy groups -OCH3 is 1. The van der Waals surface area contributed by atoms with Crippen molar-refractivity contribution in [1.82, 2.24) is 0 Å². The van der Waals surface area contributed by atoms with Crippen LogP contribution in [0.25, 0.3) is 6.08 Å². The van der Waals surface area contributed by atoms with E-state index in [-0.39, 0.29) is 0 Å². The van der Waals surface area contributed by atoms with E-state index in [0.29, 0.717) is 11.5 Å². The highest BCUT2D eigenvalue weighted by molar-refractivity contribution is 5.52. The summed E-state index contributed by atoms with van der Waals surface area (Å²) in [5, 5.41) is 20.8. The van der Waals surface area contributed by atoms with E-state index in [1.54, 1.807) is 39.0 Å². The summed E-state index contributed by atoms with van der Waals surface area (Å²) in [6, 6.07) is 1.31. The van der Waals surface area contributed by atoms with Crippen molar-refractivity contribution in [3.8, 4) is 5.75 Å². The first-order valence-corrected chi connectivity index (χ1v) is 9.49. The van der Waals surface area contributed by atoms with E-state index in [0.717, 1.165) is 11.1 Å². The summed E-state index contributed by atoms with van der Waals surface area (Å²) in [6.07, 6.45) is 11.1. The van der Waals surface area contributed by atoms with Gasteiger partial charge in [-0.05, 0) is 46.8 Å². The molecule has 2 N–H and O–H groups in total. The van der Waals surface area contributed by atoms with Gasteiger partial charge in [0.2, 0.25) is 0 Å². The number of aliphatic hydroxyl groups is 2. The summed E-state index contributed by atoms with van der Waals surface area (Å²) in [7, 11) is 1.51. The Morgan fingerprint density at radius 1 is 1.24 bits per heavy atom. The smallest absolute Gasteiger partial charge is 0.339 e. The Bertz CT molecular complexity index is 902. The molecule has 1 aliphatic heterocycles. The van der Waals surface area contributed by atoms with Crippen LogP contribution < -0.4 is 10.4 Å². The third-order valence-electron chi connectivity index (χ3n) is 5.22. The Morgan fingerprint density at radius 3 is 2.48 bits per heavy atom. The number of hydrogen-bond donors (Lipinski definition) is 2. The second-order valence-electron chi connectivity index (χ2n) is 7.69. The van der Waals surface area contributed by atoms with Crippen LogP contribution in [0, 0.1) is 6.92 Å².